The van der Waals surface area contributed by atoms with Crippen LogP contribution in [0.15, 0.2) is 5.38 Å². The first kappa shape index (κ1) is 14.3. The van der Waals surface area contributed by atoms with Crippen LogP contribution in [-0.2, 0) is 6.42 Å². The van der Waals surface area contributed by atoms with Gasteiger partial charge in [-0.15, -0.1) is 11.3 Å². The van der Waals surface area contributed by atoms with E-state index in [1.54, 1.807) is 16.2 Å². The Morgan fingerprint density at radius 1 is 1.68 bits per heavy atom. The number of rotatable bonds is 4. The topological polar surface area (TPSA) is 65.5 Å². The highest BCUT2D eigenvalue weighted by Crippen LogP contribution is 2.11. The Kier molecular flexibility index (Phi) is 5.15. The van der Waals surface area contributed by atoms with Crippen molar-refractivity contribution in [2.45, 2.75) is 38.7 Å². The van der Waals surface area contributed by atoms with E-state index < -0.39 is 0 Å². The molecule has 6 heteroatoms. The summed E-state index contributed by atoms with van der Waals surface area (Å²) >= 11 is 1.67. The Balaban J connectivity index is 1.63. The van der Waals surface area contributed by atoms with Gasteiger partial charge >= 0.3 is 6.03 Å². The summed E-state index contributed by atoms with van der Waals surface area (Å²) in [5, 5.41) is 15.6. The van der Waals surface area contributed by atoms with Gasteiger partial charge in [-0.2, -0.15) is 0 Å². The minimum Gasteiger partial charge on any atom is -0.391 e. The van der Waals surface area contributed by atoms with Gasteiger partial charge in [0.05, 0.1) is 11.1 Å². The molecule has 2 N–H and O–H groups in total. The lowest BCUT2D eigenvalue weighted by molar-refractivity contribution is 0.0843. The quantitative estimate of drug-likeness (QED) is 0.824. The Hall–Kier alpha value is -1.14. The largest absolute Gasteiger partial charge is 0.391 e. The van der Waals surface area contributed by atoms with Gasteiger partial charge in [-0.25, -0.2) is 9.78 Å². The molecule has 2 amide bonds. The highest BCUT2D eigenvalue weighted by Gasteiger charge is 2.21. The second-order valence-electron chi connectivity index (χ2n) is 4.96. The number of hydrogen-bond acceptors (Lipinski definition) is 4. The summed E-state index contributed by atoms with van der Waals surface area (Å²) < 4.78 is 0. The fourth-order valence-electron chi connectivity index (χ4n) is 2.20. The van der Waals surface area contributed by atoms with E-state index >= 15 is 0 Å². The zero-order valence-electron chi connectivity index (χ0n) is 11.3. The average molecular weight is 283 g/mol. The van der Waals surface area contributed by atoms with Crippen molar-refractivity contribution in [3.05, 3.63) is 16.1 Å². The highest BCUT2D eigenvalue weighted by molar-refractivity contribution is 7.09. The van der Waals surface area contributed by atoms with Crippen LogP contribution in [0.5, 0.6) is 0 Å². The summed E-state index contributed by atoms with van der Waals surface area (Å²) in [5.74, 6) is 0. The zero-order chi connectivity index (χ0) is 13.7. The van der Waals surface area contributed by atoms with E-state index in [1.165, 1.54) is 0 Å². The summed E-state index contributed by atoms with van der Waals surface area (Å²) in [4.78, 5) is 17.9. The van der Waals surface area contributed by atoms with E-state index in [-0.39, 0.29) is 12.1 Å². The molecule has 5 nitrogen and oxygen atoms in total. The molecule has 1 unspecified atom stereocenters. The molecule has 0 aliphatic carbocycles. The second kappa shape index (κ2) is 6.86. The molecule has 1 aromatic rings. The van der Waals surface area contributed by atoms with Gasteiger partial charge in [0.2, 0.25) is 0 Å². The molecule has 1 saturated heterocycles. The number of likely N-dealkylation sites (tertiary alicyclic amines) is 1. The van der Waals surface area contributed by atoms with Crippen LogP contribution in [0.4, 0.5) is 4.79 Å². The third kappa shape index (κ3) is 4.47. The summed E-state index contributed by atoms with van der Waals surface area (Å²) in [7, 11) is 0. The first-order valence-corrected chi connectivity index (χ1v) is 7.65. The number of nitrogens with zero attached hydrogens (tertiary/aromatic N) is 2. The van der Waals surface area contributed by atoms with E-state index in [4.69, 9.17) is 0 Å². The number of aromatic nitrogens is 1. The molecule has 0 spiro atoms. The van der Waals surface area contributed by atoms with Crippen LogP contribution in [0.25, 0.3) is 0 Å². The lowest BCUT2D eigenvalue weighted by Crippen LogP contribution is -2.47. The highest BCUT2D eigenvalue weighted by atomic mass is 32.1. The van der Waals surface area contributed by atoms with Gasteiger partial charge in [-0.3, -0.25) is 0 Å². The number of aliphatic hydroxyl groups is 1. The van der Waals surface area contributed by atoms with Gasteiger partial charge in [0, 0.05) is 37.1 Å². The number of hydrogen-bond donors (Lipinski definition) is 2. The second-order valence-corrected chi connectivity index (χ2v) is 5.90. The molecule has 1 fully saturated rings. The molecule has 2 rings (SSSR count). The lowest BCUT2D eigenvalue weighted by atomic mass is 10.1. The van der Waals surface area contributed by atoms with Crippen LogP contribution in [0.3, 0.4) is 0 Å². The number of thiazole rings is 1. The molecule has 19 heavy (non-hydrogen) atoms. The van der Waals surface area contributed by atoms with E-state index in [0.717, 1.165) is 42.9 Å². The van der Waals surface area contributed by atoms with Crippen molar-refractivity contribution >= 4 is 17.4 Å². The van der Waals surface area contributed by atoms with Gasteiger partial charge in [-0.1, -0.05) is 0 Å². The van der Waals surface area contributed by atoms with Crippen LogP contribution in [0, 0.1) is 6.92 Å². The Morgan fingerprint density at radius 2 is 2.53 bits per heavy atom. The van der Waals surface area contributed by atoms with Crippen LogP contribution < -0.4 is 5.32 Å². The molecular weight excluding hydrogens is 262 g/mol. The normalized spacial score (nSPS) is 19.5. The number of aryl methyl sites for hydroxylation is 2. The number of β-amino-alcohol motifs (C(OH)–C–C–N with tert-alkyl or cyclic N) is 1. The van der Waals surface area contributed by atoms with E-state index in [1.807, 2.05) is 12.3 Å². The summed E-state index contributed by atoms with van der Waals surface area (Å²) in [6.07, 6.45) is 3.12. The van der Waals surface area contributed by atoms with E-state index in [2.05, 4.69) is 10.3 Å². The number of amides is 2. The van der Waals surface area contributed by atoms with Gasteiger partial charge in [0.25, 0.3) is 0 Å². The van der Waals surface area contributed by atoms with Gasteiger partial charge in [0.1, 0.15) is 0 Å². The lowest BCUT2D eigenvalue weighted by Gasteiger charge is -2.30. The van der Waals surface area contributed by atoms with Crippen molar-refractivity contribution in [2.75, 3.05) is 19.6 Å². The third-order valence-corrected chi connectivity index (χ3v) is 4.22. The van der Waals surface area contributed by atoms with Crippen LogP contribution in [-0.4, -0.2) is 46.8 Å². The number of nitrogens with one attached hydrogen (secondary N) is 1. The molecule has 106 valence electrons. The van der Waals surface area contributed by atoms with Crippen molar-refractivity contribution < 1.29 is 9.90 Å². The molecule has 1 aliphatic heterocycles. The van der Waals surface area contributed by atoms with Gasteiger partial charge in [0.15, 0.2) is 0 Å². The number of aliphatic hydroxyl groups excluding tert-OH is 1. The maximum atomic E-state index is 11.8. The fraction of sp³-hybridized carbons (Fsp3) is 0.692. The maximum absolute atomic E-state index is 11.8. The molecule has 0 saturated carbocycles. The van der Waals surface area contributed by atoms with Crippen molar-refractivity contribution in [1.82, 2.24) is 15.2 Å². The minimum absolute atomic E-state index is 0.0610. The predicted octanol–water partition coefficient (Wildman–Crippen LogP) is 1.55. The van der Waals surface area contributed by atoms with E-state index in [0.29, 0.717) is 13.1 Å². The number of carbonyl (C=O) groups is 1. The van der Waals surface area contributed by atoms with Crippen molar-refractivity contribution in [1.29, 1.82) is 0 Å². The SMILES string of the molecule is Cc1csc(CCCNC(=O)N2CCCC(O)C2)n1. The standard InChI is InChI=1S/C13H21N3O2S/c1-10-9-19-12(15-10)5-2-6-14-13(18)16-7-3-4-11(17)8-16/h9,11,17H,2-8H2,1H3,(H,14,18). The Bertz CT molecular complexity index is 422. The smallest absolute Gasteiger partial charge is 0.317 e. The first-order chi connectivity index (χ1) is 9.15. The molecule has 0 bridgehead atoms. The molecule has 2 heterocycles. The zero-order valence-corrected chi connectivity index (χ0v) is 12.1. The maximum Gasteiger partial charge on any atom is 0.317 e. The first-order valence-electron chi connectivity index (χ1n) is 6.77. The van der Waals surface area contributed by atoms with Crippen LogP contribution >= 0.6 is 11.3 Å². The summed E-state index contributed by atoms with van der Waals surface area (Å²) in [6, 6.07) is -0.0610. The molecule has 1 aromatic heterocycles. The van der Waals surface area contributed by atoms with Gasteiger partial charge in [-0.05, 0) is 26.2 Å². The molecule has 0 aromatic carbocycles. The third-order valence-electron chi connectivity index (χ3n) is 3.19. The van der Waals surface area contributed by atoms with Crippen molar-refractivity contribution in [3.63, 3.8) is 0 Å². The molecule has 0 radical (unpaired) electrons. The number of piperidine rings is 1. The monoisotopic (exact) mass is 283 g/mol. The number of urea groups is 1. The molecule has 1 aliphatic rings. The Morgan fingerprint density at radius 3 is 3.21 bits per heavy atom. The Labute approximate surface area is 117 Å². The number of carbonyl (C=O) groups excluding carboxylic acids is 1. The fourth-order valence-corrected chi connectivity index (χ4v) is 3.02. The summed E-state index contributed by atoms with van der Waals surface area (Å²) in [6.45, 7) is 3.85. The molecule has 1 atom stereocenters. The van der Waals surface area contributed by atoms with Crippen LogP contribution in [0.1, 0.15) is 30.0 Å². The average Bonchev–Trinajstić information content (AvgIpc) is 2.80. The van der Waals surface area contributed by atoms with Crippen LogP contribution in [0.2, 0.25) is 0 Å². The van der Waals surface area contributed by atoms with Crippen molar-refractivity contribution in [3.8, 4) is 0 Å². The van der Waals surface area contributed by atoms with Gasteiger partial charge < -0.3 is 15.3 Å². The minimum atomic E-state index is -0.363. The predicted molar refractivity (Wildman–Crippen MR) is 75.4 cm³/mol. The summed E-state index contributed by atoms with van der Waals surface area (Å²) in [5.41, 5.74) is 1.06. The van der Waals surface area contributed by atoms with Crippen molar-refractivity contribution in [2.24, 2.45) is 0 Å². The van der Waals surface area contributed by atoms with E-state index in [9.17, 15) is 9.90 Å². The molecular formula is C13H21N3O2S.